The normalized spacial score (nSPS) is 12.5. The van der Waals surface area contributed by atoms with Gasteiger partial charge in [-0.1, -0.05) is 48.5 Å². The molecule has 0 saturated heterocycles. The molecule has 0 atom stereocenters. The molecule has 1 aliphatic rings. The minimum Gasteiger partial charge on any atom is -0.476 e. The number of benzene rings is 2. The van der Waals surface area contributed by atoms with Gasteiger partial charge in [0.15, 0.2) is 17.8 Å². The SMILES string of the molecule is O=C(NCC(F)(F)C(=O)NCc1ocnc1C(=O)O)OCC1c2ccccc2-c2ccccc21. The Hall–Kier alpha value is -4.28. The Morgan fingerprint density at radius 3 is 2.26 bits per heavy atom. The summed E-state index contributed by atoms with van der Waals surface area (Å²) in [6.07, 6.45) is -0.278. The fraction of sp³-hybridized carbons (Fsp3) is 0.217. The van der Waals surface area contributed by atoms with Crippen molar-refractivity contribution in [2.45, 2.75) is 18.4 Å². The van der Waals surface area contributed by atoms with Gasteiger partial charge in [0.2, 0.25) is 0 Å². The number of oxazole rings is 1. The Morgan fingerprint density at radius 1 is 1.03 bits per heavy atom. The molecule has 0 spiro atoms. The highest BCUT2D eigenvalue weighted by molar-refractivity contribution is 5.87. The molecule has 4 rings (SSSR count). The number of hydrogen-bond donors (Lipinski definition) is 3. The number of alkyl halides is 2. The van der Waals surface area contributed by atoms with Gasteiger partial charge in [-0.3, -0.25) is 4.79 Å². The van der Waals surface area contributed by atoms with E-state index >= 15 is 0 Å². The summed E-state index contributed by atoms with van der Waals surface area (Å²) in [6, 6.07) is 15.3. The molecule has 34 heavy (non-hydrogen) atoms. The van der Waals surface area contributed by atoms with E-state index in [4.69, 9.17) is 14.3 Å². The smallest absolute Gasteiger partial charge is 0.407 e. The van der Waals surface area contributed by atoms with Crippen LogP contribution < -0.4 is 10.6 Å². The number of carbonyl (C=O) groups is 3. The first-order chi connectivity index (χ1) is 16.3. The summed E-state index contributed by atoms with van der Waals surface area (Å²) in [5, 5.41) is 12.7. The number of nitrogens with zero attached hydrogens (tertiary/aromatic N) is 1. The minimum atomic E-state index is -3.98. The Labute approximate surface area is 191 Å². The predicted molar refractivity (Wildman–Crippen MR) is 113 cm³/mol. The van der Waals surface area contributed by atoms with E-state index in [9.17, 15) is 23.2 Å². The van der Waals surface area contributed by atoms with Crippen LogP contribution in [0.5, 0.6) is 0 Å². The highest BCUT2D eigenvalue weighted by Gasteiger charge is 2.39. The van der Waals surface area contributed by atoms with E-state index < -0.39 is 42.7 Å². The highest BCUT2D eigenvalue weighted by atomic mass is 19.3. The molecule has 0 saturated carbocycles. The van der Waals surface area contributed by atoms with Gasteiger partial charge in [-0.2, -0.15) is 8.78 Å². The third-order valence-corrected chi connectivity index (χ3v) is 5.38. The van der Waals surface area contributed by atoms with Crippen molar-refractivity contribution in [1.29, 1.82) is 0 Å². The second-order valence-corrected chi connectivity index (χ2v) is 7.50. The maximum absolute atomic E-state index is 14.2. The number of nitrogens with one attached hydrogen (secondary N) is 2. The molecule has 0 aliphatic heterocycles. The molecule has 0 radical (unpaired) electrons. The van der Waals surface area contributed by atoms with Gasteiger partial charge < -0.3 is 24.9 Å². The lowest BCUT2D eigenvalue weighted by Gasteiger charge is -2.18. The van der Waals surface area contributed by atoms with Crippen LogP contribution in [0.3, 0.4) is 0 Å². The Kier molecular flexibility index (Phi) is 6.26. The van der Waals surface area contributed by atoms with Crippen molar-refractivity contribution in [3.63, 3.8) is 0 Å². The summed E-state index contributed by atoms with van der Waals surface area (Å²) < 4.78 is 38.3. The van der Waals surface area contributed by atoms with Gasteiger partial charge in [0.25, 0.3) is 5.91 Å². The molecule has 0 bridgehead atoms. The number of hydrogen-bond acceptors (Lipinski definition) is 6. The van der Waals surface area contributed by atoms with E-state index in [1.807, 2.05) is 59.2 Å². The van der Waals surface area contributed by atoms with Crippen LogP contribution in [-0.2, 0) is 16.1 Å². The highest BCUT2D eigenvalue weighted by Crippen LogP contribution is 2.44. The lowest BCUT2D eigenvalue weighted by Crippen LogP contribution is -2.48. The Balaban J connectivity index is 1.30. The molecular formula is C23H19F2N3O6. The summed E-state index contributed by atoms with van der Waals surface area (Å²) in [6.45, 7) is -1.99. The maximum atomic E-state index is 14.2. The number of carbonyl (C=O) groups excluding carboxylic acids is 2. The molecule has 176 valence electrons. The van der Waals surface area contributed by atoms with Crippen LogP contribution >= 0.6 is 0 Å². The van der Waals surface area contributed by atoms with E-state index in [1.165, 1.54) is 0 Å². The van der Waals surface area contributed by atoms with E-state index in [0.29, 0.717) is 0 Å². The van der Waals surface area contributed by atoms with Crippen molar-refractivity contribution in [3.8, 4) is 11.1 Å². The molecule has 1 aromatic heterocycles. The monoisotopic (exact) mass is 471 g/mol. The number of carboxylic acid groups (broad SMARTS) is 1. The summed E-state index contributed by atoms with van der Waals surface area (Å²) in [4.78, 5) is 38.3. The van der Waals surface area contributed by atoms with Crippen LogP contribution in [0.1, 0.15) is 33.3 Å². The number of rotatable bonds is 8. The number of amides is 2. The van der Waals surface area contributed by atoms with E-state index in [0.717, 1.165) is 28.6 Å². The number of halogens is 2. The predicted octanol–water partition coefficient (Wildman–Crippen LogP) is 3.16. The zero-order valence-corrected chi connectivity index (χ0v) is 17.6. The van der Waals surface area contributed by atoms with Crippen LogP contribution in [0.15, 0.2) is 59.3 Å². The molecule has 11 heteroatoms. The number of aromatic nitrogens is 1. The van der Waals surface area contributed by atoms with E-state index in [1.54, 1.807) is 0 Å². The van der Waals surface area contributed by atoms with Crippen LogP contribution in [-0.4, -0.2) is 47.1 Å². The van der Waals surface area contributed by atoms with Crippen molar-refractivity contribution in [2.24, 2.45) is 0 Å². The number of carboxylic acids is 1. The number of ether oxygens (including phenoxy) is 1. The first-order valence-electron chi connectivity index (χ1n) is 10.2. The summed E-state index contributed by atoms with van der Waals surface area (Å²) in [7, 11) is 0. The second kappa shape index (κ2) is 9.30. The first-order valence-corrected chi connectivity index (χ1v) is 10.2. The van der Waals surface area contributed by atoms with E-state index in [2.05, 4.69) is 4.98 Å². The third-order valence-electron chi connectivity index (χ3n) is 5.38. The topological polar surface area (TPSA) is 131 Å². The van der Waals surface area contributed by atoms with Crippen LogP contribution in [0.4, 0.5) is 13.6 Å². The van der Waals surface area contributed by atoms with Crippen molar-refractivity contribution in [2.75, 3.05) is 13.2 Å². The molecular weight excluding hydrogens is 452 g/mol. The van der Waals surface area contributed by atoms with Gasteiger partial charge in [-0.15, -0.1) is 0 Å². The lowest BCUT2D eigenvalue weighted by molar-refractivity contribution is -0.145. The van der Waals surface area contributed by atoms with Crippen LogP contribution in [0.2, 0.25) is 0 Å². The molecule has 0 fully saturated rings. The molecule has 3 aromatic rings. The second-order valence-electron chi connectivity index (χ2n) is 7.50. The van der Waals surface area contributed by atoms with Crippen molar-refractivity contribution in [3.05, 3.63) is 77.5 Å². The van der Waals surface area contributed by atoms with Gasteiger partial charge >= 0.3 is 18.0 Å². The zero-order valence-electron chi connectivity index (χ0n) is 17.6. The average Bonchev–Trinajstić information content (AvgIpc) is 3.43. The molecule has 9 nitrogen and oxygen atoms in total. The van der Waals surface area contributed by atoms with Crippen molar-refractivity contribution in [1.82, 2.24) is 15.6 Å². The van der Waals surface area contributed by atoms with Gasteiger partial charge in [0, 0.05) is 5.92 Å². The largest absolute Gasteiger partial charge is 0.476 e. The van der Waals surface area contributed by atoms with Crippen LogP contribution in [0.25, 0.3) is 11.1 Å². The Morgan fingerprint density at radius 2 is 1.65 bits per heavy atom. The van der Waals surface area contributed by atoms with Gasteiger partial charge in [-0.25, -0.2) is 14.6 Å². The zero-order chi connectivity index (χ0) is 24.3. The van der Waals surface area contributed by atoms with Gasteiger partial charge in [0.05, 0.1) is 13.1 Å². The molecule has 2 amide bonds. The number of aromatic carboxylic acids is 1. The van der Waals surface area contributed by atoms with Crippen LogP contribution in [0, 0.1) is 0 Å². The minimum absolute atomic E-state index is 0.0684. The van der Waals surface area contributed by atoms with Crippen molar-refractivity contribution >= 4 is 18.0 Å². The standard InChI is InChI=1S/C23H19F2N3O6/c24-23(25,21(31)26-9-18-19(20(29)30)28-12-34-18)11-27-22(32)33-10-17-15-7-3-1-5-13(15)14-6-2-4-8-16(14)17/h1-8,12,17H,9-11H2,(H,26,31)(H,27,32)(H,29,30). The maximum Gasteiger partial charge on any atom is 0.407 e. The summed E-state index contributed by atoms with van der Waals surface area (Å²) >= 11 is 0. The third kappa shape index (κ3) is 4.58. The average molecular weight is 471 g/mol. The van der Waals surface area contributed by atoms with Gasteiger partial charge in [-0.05, 0) is 22.3 Å². The molecule has 3 N–H and O–H groups in total. The van der Waals surface area contributed by atoms with Gasteiger partial charge in [0.1, 0.15) is 6.61 Å². The van der Waals surface area contributed by atoms with E-state index in [-0.39, 0.29) is 18.3 Å². The fourth-order valence-corrected chi connectivity index (χ4v) is 3.77. The fourth-order valence-electron chi connectivity index (χ4n) is 3.77. The van der Waals surface area contributed by atoms with Crippen molar-refractivity contribution < 1.29 is 37.4 Å². The first kappa shape index (κ1) is 22.9. The Bertz CT molecular complexity index is 1200. The number of alkyl carbamates (subject to hydrolysis) is 1. The molecule has 2 aromatic carbocycles. The molecule has 0 unspecified atom stereocenters. The quantitative estimate of drug-likeness (QED) is 0.460. The summed E-state index contributed by atoms with van der Waals surface area (Å²) in [5.74, 6) is -7.66. The molecule has 1 aliphatic carbocycles. The number of fused-ring (bicyclic) bond motifs is 3. The molecule has 1 heterocycles. The summed E-state index contributed by atoms with van der Waals surface area (Å²) in [5.41, 5.74) is 3.48. The lowest BCUT2D eigenvalue weighted by atomic mass is 9.98.